The van der Waals surface area contributed by atoms with Gasteiger partial charge in [-0.2, -0.15) is 0 Å². The fraction of sp³-hybridized carbons (Fsp3) is 0. The molecule has 0 aliphatic carbocycles. The van der Waals surface area contributed by atoms with Gasteiger partial charge >= 0.3 is 5.69 Å². The van der Waals surface area contributed by atoms with Gasteiger partial charge in [-0.05, 0) is 30.3 Å². The Balaban J connectivity index is 2.14. The number of aromatic amines is 1. The maximum atomic E-state index is 12.1. The molecule has 0 saturated carbocycles. The van der Waals surface area contributed by atoms with E-state index < -0.39 is 17.1 Å². The molecule has 0 fully saturated rings. The van der Waals surface area contributed by atoms with E-state index in [0.717, 1.165) is 10.8 Å². The van der Waals surface area contributed by atoms with Crippen LogP contribution in [0.5, 0.6) is 5.88 Å². The van der Waals surface area contributed by atoms with Crippen LogP contribution in [0.15, 0.2) is 57.0 Å². The van der Waals surface area contributed by atoms with Gasteiger partial charge in [0.15, 0.2) is 0 Å². The number of para-hydroxylation sites is 1. The minimum absolute atomic E-state index is 0.212. The van der Waals surface area contributed by atoms with Crippen molar-refractivity contribution < 1.29 is 5.11 Å². The van der Waals surface area contributed by atoms with Crippen LogP contribution in [0.4, 0.5) is 5.69 Å². The van der Waals surface area contributed by atoms with Gasteiger partial charge in [0, 0.05) is 6.21 Å². The number of nitrogens with one attached hydrogen (secondary N) is 1. The van der Waals surface area contributed by atoms with Crippen LogP contribution in [0.1, 0.15) is 5.56 Å². The molecule has 132 valence electrons. The highest BCUT2D eigenvalue weighted by Crippen LogP contribution is 2.27. The van der Waals surface area contributed by atoms with E-state index in [9.17, 15) is 14.7 Å². The van der Waals surface area contributed by atoms with Crippen LogP contribution in [-0.2, 0) is 0 Å². The Morgan fingerprint density at radius 2 is 1.73 bits per heavy atom. The first-order chi connectivity index (χ1) is 12.4. The summed E-state index contributed by atoms with van der Waals surface area (Å²) >= 11 is 17.8. The lowest BCUT2D eigenvalue weighted by Crippen LogP contribution is -2.31. The minimum atomic E-state index is -0.827. The molecule has 0 spiro atoms. The number of H-pyrrole nitrogens is 1. The van der Waals surface area contributed by atoms with E-state index in [1.165, 1.54) is 12.1 Å². The van der Waals surface area contributed by atoms with Gasteiger partial charge in [0.1, 0.15) is 5.56 Å². The number of hydrogen-bond donors (Lipinski definition) is 2. The van der Waals surface area contributed by atoms with Crippen molar-refractivity contribution in [1.29, 1.82) is 0 Å². The molecular weight excluding hydrogens is 401 g/mol. The lowest BCUT2D eigenvalue weighted by molar-refractivity contribution is 0.430. The summed E-state index contributed by atoms with van der Waals surface area (Å²) in [6, 6.07) is 11.0. The molecule has 26 heavy (non-hydrogen) atoms. The highest BCUT2D eigenvalue weighted by Gasteiger charge is 2.16. The van der Waals surface area contributed by atoms with Crippen molar-refractivity contribution in [3.63, 3.8) is 0 Å². The summed E-state index contributed by atoms with van der Waals surface area (Å²) in [4.78, 5) is 30.4. The fourth-order valence-electron chi connectivity index (χ4n) is 2.22. The first-order valence-electron chi connectivity index (χ1n) is 7.21. The monoisotopic (exact) mass is 409 g/mol. The predicted octanol–water partition coefficient (Wildman–Crippen LogP) is 3.94. The van der Waals surface area contributed by atoms with E-state index in [1.807, 2.05) is 0 Å². The van der Waals surface area contributed by atoms with Gasteiger partial charge in [0.2, 0.25) is 5.88 Å². The van der Waals surface area contributed by atoms with Crippen molar-refractivity contribution in [2.75, 3.05) is 0 Å². The first-order valence-corrected chi connectivity index (χ1v) is 8.34. The number of aromatic nitrogens is 2. The van der Waals surface area contributed by atoms with Gasteiger partial charge in [-0.3, -0.25) is 14.8 Å². The summed E-state index contributed by atoms with van der Waals surface area (Å²) in [5, 5.41) is 11.3. The van der Waals surface area contributed by atoms with Gasteiger partial charge in [0.05, 0.1) is 26.4 Å². The van der Waals surface area contributed by atoms with Gasteiger partial charge in [-0.1, -0.05) is 46.9 Å². The first kappa shape index (κ1) is 18.3. The topological polar surface area (TPSA) is 87.5 Å². The van der Waals surface area contributed by atoms with E-state index in [-0.39, 0.29) is 16.3 Å². The van der Waals surface area contributed by atoms with Crippen molar-refractivity contribution in [3.8, 4) is 11.6 Å². The normalized spacial score (nSPS) is 11.2. The number of rotatable bonds is 3. The Bertz CT molecular complexity index is 1140. The highest BCUT2D eigenvalue weighted by molar-refractivity contribution is 6.42. The molecule has 1 aromatic heterocycles. The van der Waals surface area contributed by atoms with Crippen molar-refractivity contribution in [1.82, 2.24) is 9.55 Å². The Morgan fingerprint density at radius 3 is 2.42 bits per heavy atom. The van der Waals surface area contributed by atoms with Crippen molar-refractivity contribution >= 4 is 46.7 Å². The van der Waals surface area contributed by atoms with E-state index in [2.05, 4.69) is 9.98 Å². The number of benzene rings is 2. The maximum absolute atomic E-state index is 12.1. The Kier molecular flexibility index (Phi) is 5.18. The quantitative estimate of drug-likeness (QED) is 0.641. The van der Waals surface area contributed by atoms with Gasteiger partial charge in [-0.15, -0.1) is 0 Å². The van der Waals surface area contributed by atoms with Crippen LogP contribution in [0.25, 0.3) is 5.69 Å². The molecule has 3 aromatic rings. The molecule has 0 saturated heterocycles. The smallest absolute Gasteiger partial charge is 0.335 e. The predicted molar refractivity (Wildman–Crippen MR) is 103 cm³/mol. The second-order valence-corrected chi connectivity index (χ2v) is 6.36. The molecule has 3 rings (SSSR count). The van der Waals surface area contributed by atoms with Crippen LogP contribution in [0.3, 0.4) is 0 Å². The van der Waals surface area contributed by atoms with Gasteiger partial charge in [0.25, 0.3) is 5.56 Å². The molecule has 0 aliphatic heterocycles. The van der Waals surface area contributed by atoms with Crippen LogP contribution in [0, 0.1) is 0 Å². The molecule has 0 atom stereocenters. The number of hydrogen-bond acceptors (Lipinski definition) is 4. The zero-order chi connectivity index (χ0) is 18.8. The molecule has 9 heteroatoms. The number of aromatic hydroxyl groups is 1. The van der Waals surface area contributed by atoms with Gasteiger partial charge in [-0.25, -0.2) is 9.36 Å². The molecule has 6 nitrogen and oxygen atoms in total. The summed E-state index contributed by atoms with van der Waals surface area (Å²) < 4.78 is 0.889. The summed E-state index contributed by atoms with van der Waals surface area (Å²) in [5.41, 5.74) is -1.20. The molecular formula is C17H10Cl3N3O3. The third kappa shape index (κ3) is 3.53. The van der Waals surface area contributed by atoms with Crippen molar-refractivity contribution in [2.24, 2.45) is 4.99 Å². The largest absolute Gasteiger partial charge is 0.493 e. The highest BCUT2D eigenvalue weighted by atomic mass is 35.5. The molecule has 0 radical (unpaired) electrons. The zero-order valence-electron chi connectivity index (χ0n) is 12.9. The lowest BCUT2D eigenvalue weighted by atomic mass is 10.2. The lowest BCUT2D eigenvalue weighted by Gasteiger charge is -2.10. The van der Waals surface area contributed by atoms with Gasteiger partial charge < -0.3 is 5.11 Å². The average molecular weight is 411 g/mol. The Hall–Kier alpha value is -2.54. The maximum Gasteiger partial charge on any atom is 0.335 e. The molecule has 0 amide bonds. The molecule has 2 N–H and O–H groups in total. The summed E-state index contributed by atoms with van der Waals surface area (Å²) in [6.45, 7) is 0. The Labute approximate surface area is 161 Å². The third-order valence-corrected chi connectivity index (χ3v) is 4.52. The third-order valence-electron chi connectivity index (χ3n) is 3.46. The molecule has 1 heterocycles. The summed E-state index contributed by atoms with van der Waals surface area (Å²) in [5.74, 6) is -0.587. The fourth-order valence-corrected chi connectivity index (χ4v) is 2.73. The summed E-state index contributed by atoms with van der Waals surface area (Å²) in [7, 11) is 0. The number of halogens is 3. The standard InChI is InChI=1S/C17H10Cl3N3O3/c18-11-6-5-9(7-13(11)20)21-8-10-15(24)22-17(26)23(16(10)25)14-4-2-1-3-12(14)19/h1-8,25H,(H,22,24,26). The molecule has 0 bridgehead atoms. The number of nitrogens with zero attached hydrogens (tertiary/aromatic N) is 2. The second kappa shape index (κ2) is 7.37. The van der Waals surface area contributed by atoms with Crippen molar-refractivity contribution in [3.05, 3.63) is 83.9 Å². The summed E-state index contributed by atoms with van der Waals surface area (Å²) in [6.07, 6.45) is 1.13. The minimum Gasteiger partial charge on any atom is -0.493 e. The van der Waals surface area contributed by atoms with Crippen LogP contribution in [-0.4, -0.2) is 20.9 Å². The van der Waals surface area contributed by atoms with E-state index >= 15 is 0 Å². The SMILES string of the molecule is O=c1[nH]c(=O)n(-c2ccccc2Cl)c(O)c1C=Nc1ccc(Cl)c(Cl)c1. The van der Waals surface area contributed by atoms with E-state index in [4.69, 9.17) is 34.8 Å². The molecule has 0 aliphatic rings. The zero-order valence-corrected chi connectivity index (χ0v) is 15.2. The average Bonchev–Trinajstić information content (AvgIpc) is 2.59. The Morgan fingerprint density at radius 1 is 1.00 bits per heavy atom. The van der Waals surface area contributed by atoms with E-state index in [1.54, 1.807) is 30.3 Å². The van der Waals surface area contributed by atoms with E-state index in [0.29, 0.717) is 15.7 Å². The number of aliphatic imine (C=N–C) groups is 1. The molecule has 0 unspecified atom stereocenters. The van der Waals surface area contributed by atoms with Crippen LogP contribution < -0.4 is 11.2 Å². The van der Waals surface area contributed by atoms with Crippen LogP contribution in [0.2, 0.25) is 15.1 Å². The molecule has 2 aromatic carbocycles. The van der Waals surface area contributed by atoms with Crippen molar-refractivity contribution in [2.45, 2.75) is 0 Å². The second-order valence-electron chi connectivity index (χ2n) is 5.14. The van der Waals surface area contributed by atoms with Crippen LogP contribution >= 0.6 is 34.8 Å².